The fourth-order valence-electron chi connectivity index (χ4n) is 3.25. The van der Waals surface area contributed by atoms with Gasteiger partial charge in [0, 0.05) is 12.1 Å². The number of nitrogens with one attached hydrogen (secondary N) is 2. The molecule has 0 bridgehead atoms. The van der Waals surface area contributed by atoms with Crippen LogP contribution >= 0.6 is 0 Å². The second kappa shape index (κ2) is 9.34. The normalized spacial score (nSPS) is 16.3. The second-order valence-corrected chi connectivity index (χ2v) is 9.00. The molecule has 0 radical (unpaired) electrons. The first-order valence-corrected chi connectivity index (χ1v) is 11.5. The zero-order valence-corrected chi connectivity index (χ0v) is 19.0. The average molecular weight is 442 g/mol. The van der Waals surface area contributed by atoms with Gasteiger partial charge in [0.1, 0.15) is 23.0 Å². The van der Waals surface area contributed by atoms with Crippen LogP contribution in [0.4, 0.5) is 0 Å². The maximum absolute atomic E-state index is 12.6. The highest BCUT2D eigenvalue weighted by Crippen LogP contribution is 2.30. The lowest BCUT2D eigenvalue weighted by Gasteiger charge is -2.06. The second-order valence-electron chi connectivity index (χ2n) is 7.38. The molecule has 0 unspecified atom stereocenters. The molecule has 2 aromatic carbocycles. The summed E-state index contributed by atoms with van der Waals surface area (Å²) in [5.74, 6) is 0.678. The van der Waals surface area contributed by atoms with Crippen molar-refractivity contribution in [3.05, 3.63) is 70.3 Å². The lowest BCUT2D eigenvalue weighted by Crippen LogP contribution is -2.28. The first-order chi connectivity index (χ1) is 14.7. The van der Waals surface area contributed by atoms with Crippen molar-refractivity contribution in [2.24, 2.45) is 4.99 Å². The molecular weight excluding hydrogens is 414 g/mol. The number of benzene rings is 2. The Morgan fingerprint density at radius 1 is 1.06 bits per heavy atom. The summed E-state index contributed by atoms with van der Waals surface area (Å²) in [5, 5.41) is 2.79. The van der Waals surface area contributed by atoms with Crippen molar-refractivity contribution < 1.29 is 17.9 Å². The lowest BCUT2D eigenvalue weighted by atomic mass is 10.0. The van der Waals surface area contributed by atoms with E-state index in [9.17, 15) is 13.2 Å². The van der Waals surface area contributed by atoms with Crippen LogP contribution < -0.4 is 14.8 Å². The molecule has 31 heavy (non-hydrogen) atoms. The molecule has 164 valence electrons. The molecule has 7 nitrogen and oxygen atoms in total. The van der Waals surface area contributed by atoms with E-state index in [1.807, 2.05) is 57.2 Å². The van der Waals surface area contributed by atoms with E-state index in [1.54, 1.807) is 13.0 Å². The van der Waals surface area contributed by atoms with E-state index in [1.165, 1.54) is 0 Å². The average Bonchev–Trinajstić information content (AvgIpc) is 2.96. The highest BCUT2D eigenvalue weighted by molar-refractivity contribution is 8.00. The number of hydrogen-bond donors (Lipinski definition) is 2. The minimum atomic E-state index is -3.72. The van der Waals surface area contributed by atoms with Crippen LogP contribution in [0.5, 0.6) is 5.75 Å². The molecule has 0 saturated heterocycles. The molecule has 0 spiro atoms. The Morgan fingerprint density at radius 2 is 1.77 bits per heavy atom. The van der Waals surface area contributed by atoms with Gasteiger partial charge < -0.3 is 10.1 Å². The largest absolute Gasteiger partial charge is 0.494 e. The predicted molar refractivity (Wildman–Crippen MR) is 122 cm³/mol. The number of amides is 1. The minimum absolute atomic E-state index is 0.174. The Morgan fingerprint density at radius 3 is 2.42 bits per heavy atom. The van der Waals surface area contributed by atoms with Crippen LogP contribution in [-0.2, 0) is 21.4 Å². The lowest BCUT2D eigenvalue weighted by molar-refractivity contribution is -0.119. The molecule has 2 aromatic rings. The van der Waals surface area contributed by atoms with Crippen LogP contribution in [0.2, 0.25) is 0 Å². The third kappa shape index (κ3) is 5.32. The van der Waals surface area contributed by atoms with Crippen molar-refractivity contribution in [2.75, 3.05) is 13.2 Å². The van der Waals surface area contributed by atoms with Crippen molar-refractivity contribution in [3.63, 3.8) is 0 Å². The third-order valence-electron chi connectivity index (χ3n) is 5.07. The Bertz CT molecular complexity index is 1150. The van der Waals surface area contributed by atoms with E-state index >= 15 is 0 Å². The number of sulfonamides is 1. The third-order valence-corrected chi connectivity index (χ3v) is 6.61. The number of carbonyl (C=O) groups is 1. The topological polar surface area (TPSA) is 96.9 Å². The van der Waals surface area contributed by atoms with Gasteiger partial charge in [-0.2, -0.15) is 0 Å². The molecule has 3 rings (SSSR count). The van der Waals surface area contributed by atoms with Gasteiger partial charge in [-0.25, -0.2) is 8.42 Å². The monoisotopic (exact) mass is 441 g/mol. The van der Waals surface area contributed by atoms with Gasteiger partial charge in [-0.05, 0) is 62.1 Å². The van der Waals surface area contributed by atoms with E-state index < -0.39 is 10.0 Å². The van der Waals surface area contributed by atoms with Crippen LogP contribution in [-0.4, -0.2) is 33.3 Å². The number of ether oxygens (including phenoxy) is 1. The van der Waals surface area contributed by atoms with Crippen molar-refractivity contribution in [2.45, 2.75) is 34.2 Å². The molecular formula is C23H27N3O4S. The molecule has 1 heterocycles. The molecule has 0 saturated carbocycles. The van der Waals surface area contributed by atoms with Crippen LogP contribution in [0.1, 0.15) is 36.1 Å². The fourth-order valence-corrected chi connectivity index (χ4v) is 4.76. The van der Waals surface area contributed by atoms with Crippen LogP contribution in [0.3, 0.4) is 0 Å². The summed E-state index contributed by atoms with van der Waals surface area (Å²) in [7, 11) is -3.72. The van der Waals surface area contributed by atoms with Gasteiger partial charge in [-0.1, -0.05) is 30.3 Å². The van der Waals surface area contributed by atoms with Gasteiger partial charge in [0.05, 0.1) is 6.61 Å². The molecule has 1 amide bonds. The quantitative estimate of drug-likeness (QED) is 0.690. The van der Waals surface area contributed by atoms with Crippen LogP contribution in [0.25, 0.3) is 4.91 Å². The number of aryl methyl sites for hydroxylation is 2. The summed E-state index contributed by atoms with van der Waals surface area (Å²) in [6.45, 7) is 8.30. The molecule has 2 N–H and O–H groups in total. The summed E-state index contributed by atoms with van der Waals surface area (Å²) >= 11 is 0. The maximum Gasteiger partial charge on any atom is 0.264 e. The highest BCUT2D eigenvalue weighted by Gasteiger charge is 2.32. The van der Waals surface area contributed by atoms with Crippen LogP contribution in [0, 0.1) is 13.8 Å². The van der Waals surface area contributed by atoms with Gasteiger partial charge in [0.25, 0.3) is 10.0 Å². The van der Waals surface area contributed by atoms with E-state index in [0.717, 1.165) is 22.4 Å². The smallest absolute Gasteiger partial charge is 0.264 e. The minimum Gasteiger partial charge on any atom is -0.494 e. The Balaban J connectivity index is 1.68. The van der Waals surface area contributed by atoms with Gasteiger partial charge in [-0.3, -0.25) is 14.5 Å². The first-order valence-electron chi connectivity index (χ1n) is 10.1. The van der Waals surface area contributed by atoms with Crippen molar-refractivity contribution in [3.8, 4) is 5.75 Å². The standard InChI is InChI=1S/C23H27N3O4S/c1-5-30-20-10-7-18(8-11-20)13-24-21(27)14-25-23-17(4)22(31(28,29)26-23)19-9-6-15(2)16(3)12-19/h6-12H,5,13-14H2,1-4H3,(H,24,27)(H,25,26). The van der Waals surface area contributed by atoms with E-state index in [0.29, 0.717) is 24.3 Å². The van der Waals surface area contributed by atoms with E-state index in [4.69, 9.17) is 4.74 Å². The van der Waals surface area contributed by atoms with Gasteiger partial charge in [0.2, 0.25) is 5.91 Å². The molecule has 1 aliphatic heterocycles. The van der Waals surface area contributed by atoms with Gasteiger partial charge in [-0.15, -0.1) is 0 Å². The van der Waals surface area contributed by atoms with Gasteiger partial charge in [0.15, 0.2) is 0 Å². The van der Waals surface area contributed by atoms with Crippen molar-refractivity contribution in [1.29, 1.82) is 0 Å². The zero-order chi connectivity index (χ0) is 22.6. The number of aliphatic imine (C=N–C) groups is 1. The summed E-state index contributed by atoms with van der Waals surface area (Å²) in [4.78, 5) is 16.6. The first kappa shape index (κ1) is 22.6. The molecule has 1 aliphatic rings. The van der Waals surface area contributed by atoms with E-state index in [2.05, 4.69) is 15.0 Å². The van der Waals surface area contributed by atoms with Crippen LogP contribution in [0.15, 0.2) is 53.0 Å². The summed E-state index contributed by atoms with van der Waals surface area (Å²) in [6.07, 6.45) is 0. The summed E-state index contributed by atoms with van der Waals surface area (Å²) in [6, 6.07) is 13.0. The number of hydrogen-bond acceptors (Lipinski definition) is 5. The highest BCUT2D eigenvalue weighted by atomic mass is 32.2. The predicted octanol–water partition coefficient (Wildman–Crippen LogP) is 3.08. The summed E-state index contributed by atoms with van der Waals surface area (Å²) < 4.78 is 33.2. The Hall–Kier alpha value is -3.13. The molecule has 0 aromatic heterocycles. The zero-order valence-electron chi connectivity index (χ0n) is 18.2. The van der Waals surface area contributed by atoms with Crippen molar-refractivity contribution in [1.82, 2.24) is 10.0 Å². The Labute approximate surface area is 183 Å². The fraction of sp³-hybridized carbons (Fsp3) is 0.304. The Kier molecular flexibility index (Phi) is 6.80. The summed E-state index contributed by atoms with van der Waals surface area (Å²) in [5.41, 5.74) is 4.13. The maximum atomic E-state index is 12.6. The molecule has 0 aliphatic carbocycles. The molecule has 8 heteroatoms. The molecule has 0 atom stereocenters. The number of nitrogens with zero attached hydrogens (tertiary/aromatic N) is 1. The number of carbonyl (C=O) groups excluding carboxylic acids is 1. The number of amidine groups is 1. The van der Waals surface area contributed by atoms with Gasteiger partial charge >= 0.3 is 0 Å². The molecule has 0 fully saturated rings. The van der Waals surface area contributed by atoms with E-state index in [-0.39, 0.29) is 23.2 Å². The SMILES string of the molecule is CCOc1ccc(CNC(=O)CN=C2NS(=O)(=O)C(c3ccc(C)c(C)c3)=C2C)cc1. The van der Waals surface area contributed by atoms with Crippen molar-refractivity contribution >= 4 is 26.7 Å². The number of rotatable bonds is 7.